The average molecular weight is 460 g/mol. The molecule has 8 heteroatoms. The minimum absolute atomic E-state index is 0. The Labute approximate surface area is 167 Å². The first-order valence-electron chi connectivity index (χ1n) is 8.75. The zero-order valence-corrected chi connectivity index (χ0v) is 17.2. The number of nitrogens with two attached hydrogens (primary N) is 1. The quantitative estimate of drug-likeness (QED) is 0.389. The highest BCUT2D eigenvalue weighted by atomic mass is 127. The largest absolute Gasteiger partial charge is 0.376 e. The van der Waals surface area contributed by atoms with E-state index < -0.39 is 0 Å². The minimum atomic E-state index is 0. The number of nitrogens with one attached hydrogen (secondary N) is 1. The fourth-order valence-electron chi connectivity index (χ4n) is 3.11. The second kappa shape index (κ2) is 10.1. The first-order valence-corrected chi connectivity index (χ1v) is 8.75. The van der Waals surface area contributed by atoms with Crippen molar-refractivity contribution in [2.45, 2.75) is 25.5 Å². The van der Waals surface area contributed by atoms with E-state index in [4.69, 9.17) is 10.5 Å². The molecule has 0 amide bonds. The van der Waals surface area contributed by atoms with E-state index >= 15 is 0 Å². The number of aliphatic imine (C=N–C) groups is 1. The van der Waals surface area contributed by atoms with Crippen LogP contribution in [0.3, 0.4) is 0 Å². The van der Waals surface area contributed by atoms with Gasteiger partial charge in [-0.1, -0.05) is 6.07 Å². The standard InChI is InChI=1S/C17H28N6O.HI/c1-22-7-9-23(10-8-22)16-14(4-2-6-19-16)12-20-17(18)21-13-15-5-3-11-24-15;/h2,4,6,15H,3,5,7-13H2,1H3,(H3,18,20,21);1H. The van der Waals surface area contributed by atoms with Crippen molar-refractivity contribution in [2.75, 3.05) is 51.3 Å². The molecule has 0 aromatic carbocycles. The van der Waals surface area contributed by atoms with Gasteiger partial charge in [0.2, 0.25) is 0 Å². The third kappa shape index (κ3) is 5.96. The molecule has 2 fully saturated rings. The predicted molar refractivity (Wildman–Crippen MR) is 112 cm³/mol. The Kier molecular flexibility index (Phi) is 8.17. The molecule has 2 saturated heterocycles. The number of hydrogen-bond donors (Lipinski definition) is 2. The van der Waals surface area contributed by atoms with E-state index in [1.807, 2.05) is 12.3 Å². The van der Waals surface area contributed by atoms with E-state index in [1.54, 1.807) is 0 Å². The van der Waals surface area contributed by atoms with Crippen LogP contribution in [0, 0.1) is 0 Å². The molecule has 1 atom stereocenters. The average Bonchev–Trinajstić information content (AvgIpc) is 3.13. The van der Waals surface area contributed by atoms with Gasteiger partial charge in [0.1, 0.15) is 5.82 Å². The lowest BCUT2D eigenvalue weighted by atomic mass is 10.2. The first kappa shape index (κ1) is 20.2. The Balaban J connectivity index is 0.00000225. The van der Waals surface area contributed by atoms with Crippen LogP contribution in [-0.4, -0.2) is 68.3 Å². The van der Waals surface area contributed by atoms with Crippen LogP contribution in [0.2, 0.25) is 0 Å². The molecule has 0 radical (unpaired) electrons. The molecular weight excluding hydrogens is 431 g/mol. The molecule has 7 nitrogen and oxygen atoms in total. The number of guanidine groups is 1. The van der Waals surface area contributed by atoms with Gasteiger partial charge in [-0.15, -0.1) is 24.0 Å². The van der Waals surface area contributed by atoms with Crippen molar-refractivity contribution in [1.82, 2.24) is 15.2 Å². The van der Waals surface area contributed by atoms with Crippen LogP contribution >= 0.6 is 24.0 Å². The maximum atomic E-state index is 5.99. The Hall–Kier alpha value is -1.13. The van der Waals surface area contributed by atoms with Gasteiger partial charge >= 0.3 is 0 Å². The number of pyridine rings is 1. The Morgan fingerprint density at radius 1 is 1.40 bits per heavy atom. The maximum Gasteiger partial charge on any atom is 0.189 e. The number of rotatable bonds is 5. The Morgan fingerprint density at radius 3 is 2.92 bits per heavy atom. The minimum Gasteiger partial charge on any atom is -0.376 e. The van der Waals surface area contributed by atoms with Gasteiger partial charge in [-0.3, -0.25) is 0 Å². The zero-order chi connectivity index (χ0) is 16.8. The lowest BCUT2D eigenvalue weighted by Gasteiger charge is -2.34. The number of nitrogens with zero attached hydrogens (tertiary/aromatic N) is 4. The first-order chi connectivity index (χ1) is 11.7. The van der Waals surface area contributed by atoms with Crippen molar-refractivity contribution in [3.05, 3.63) is 23.9 Å². The summed E-state index contributed by atoms with van der Waals surface area (Å²) in [4.78, 5) is 13.7. The molecule has 2 aliphatic heterocycles. The second-order valence-corrected chi connectivity index (χ2v) is 6.49. The van der Waals surface area contributed by atoms with E-state index in [9.17, 15) is 0 Å². The molecular formula is C17H29IN6O. The van der Waals surface area contributed by atoms with Crippen molar-refractivity contribution >= 4 is 35.8 Å². The summed E-state index contributed by atoms with van der Waals surface area (Å²) in [6, 6.07) is 4.04. The third-order valence-corrected chi connectivity index (χ3v) is 4.62. The van der Waals surface area contributed by atoms with E-state index in [1.165, 1.54) is 0 Å². The smallest absolute Gasteiger partial charge is 0.189 e. The van der Waals surface area contributed by atoms with Gasteiger partial charge in [0.05, 0.1) is 12.6 Å². The monoisotopic (exact) mass is 460 g/mol. The van der Waals surface area contributed by atoms with E-state index in [0.29, 0.717) is 12.5 Å². The van der Waals surface area contributed by atoms with Gasteiger partial charge in [0.15, 0.2) is 5.96 Å². The van der Waals surface area contributed by atoms with Gasteiger partial charge in [0, 0.05) is 51.1 Å². The fraction of sp³-hybridized carbons (Fsp3) is 0.647. The van der Waals surface area contributed by atoms with Crippen molar-refractivity contribution in [1.29, 1.82) is 0 Å². The van der Waals surface area contributed by atoms with Gasteiger partial charge in [0.25, 0.3) is 0 Å². The number of halogens is 1. The zero-order valence-electron chi connectivity index (χ0n) is 14.9. The van der Waals surface area contributed by atoms with Gasteiger partial charge in [-0.25, -0.2) is 9.98 Å². The van der Waals surface area contributed by atoms with E-state index in [2.05, 4.69) is 38.2 Å². The third-order valence-electron chi connectivity index (χ3n) is 4.62. The van der Waals surface area contributed by atoms with Crippen LogP contribution in [0.5, 0.6) is 0 Å². The molecule has 3 N–H and O–H groups in total. The van der Waals surface area contributed by atoms with Crippen LogP contribution in [0.15, 0.2) is 23.3 Å². The van der Waals surface area contributed by atoms with Crippen LogP contribution in [0.25, 0.3) is 0 Å². The Morgan fingerprint density at radius 2 is 2.20 bits per heavy atom. The highest BCUT2D eigenvalue weighted by Crippen LogP contribution is 2.19. The summed E-state index contributed by atoms with van der Waals surface area (Å²) in [7, 11) is 2.15. The molecule has 1 aromatic heterocycles. The molecule has 0 spiro atoms. The summed E-state index contributed by atoms with van der Waals surface area (Å²) in [5, 5.41) is 3.16. The molecule has 2 aliphatic rings. The predicted octanol–water partition coefficient (Wildman–Crippen LogP) is 1.03. The summed E-state index contributed by atoms with van der Waals surface area (Å²) >= 11 is 0. The number of aromatic nitrogens is 1. The molecule has 0 bridgehead atoms. The number of ether oxygens (including phenoxy) is 1. The normalized spacial score (nSPS) is 21.9. The summed E-state index contributed by atoms with van der Waals surface area (Å²) < 4.78 is 5.58. The highest BCUT2D eigenvalue weighted by Gasteiger charge is 2.18. The number of anilines is 1. The lowest BCUT2D eigenvalue weighted by molar-refractivity contribution is 0.114. The van der Waals surface area contributed by atoms with Crippen molar-refractivity contribution in [3.8, 4) is 0 Å². The summed E-state index contributed by atoms with van der Waals surface area (Å²) in [5.74, 6) is 1.50. The summed E-state index contributed by atoms with van der Waals surface area (Å²) in [6.07, 6.45) is 4.34. The second-order valence-electron chi connectivity index (χ2n) is 6.49. The highest BCUT2D eigenvalue weighted by molar-refractivity contribution is 14.0. The SMILES string of the molecule is CN1CCN(c2ncccc2CN=C(N)NCC2CCCO2)CC1.I. The molecule has 0 aliphatic carbocycles. The lowest BCUT2D eigenvalue weighted by Crippen LogP contribution is -2.45. The van der Waals surface area contributed by atoms with Gasteiger partial charge in [-0.2, -0.15) is 0 Å². The number of piperazine rings is 1. The van der Waals surface area contributed by atoms with Crippen molar-refractivity contribution in [2.24, 2.45) is 10.7 Å². The molecule has 3 rings (SSSR count). The maximum absolute atomic E-state index is 5.99. The number of hydrogen-bond acceptors (Lipinski definition) is 5. The van der Waals surface area contributed by atoms with Gasteiger partial charge in [-0.05, 0) is 26.0 Å². The van der Waals surface area contributed by atoms with E-state index in [0.717, 1.165) is 63.6 Å². The molecule has 0 saturated carbocycles. The van der Waals surface area contributed by atoms with Crippen LogP contribution < -0.4 is 16.0 Å². The van der Waals surface area contributed by atoms with Crippen LogP contribution in [0.4, 0.5) is 5.82 Å². The van der Waals surface area contributed by atoms with Gasteiger partial charge < -0.3 is 25.6 Å². The summed E-state index contributed by atoms with van der Waals surface area (Å²) in [5.41, 5.74) is 7.10. The number of likely N-dealkylation sites (N-methyl/N-ethyl adjacent to an activating group) is 1. The Bertz CT molecular complexity index is 556. The van der Waals surface area contributed by atoms with Crippen LogP contribution in [-0.2, 0) is 11.3 Å². The molecule has 140 valence electrons. The topological polar surface area (TPSA) is 79.0 Å². The molecule has 1 aromatic rings. The van der Waals surface area contributed by atoms with E-state index in [-0.39, 0.29) is 30.1 Å². The van der Waals surface area contributed by atoms with Crippen molar-refractivity contribution in [3.63, 3.8) is 0 Å². The van der Waals surface area contributed by atoms with Crippen molar-refractivity contribution < 1.29 is 4.74 Å². The molecule has 3 heterocycles. The molecule has 25 heavy (non-hydrogen) atoms. The summed E-state index contributed by atoms with van der Waals surface area (Å²) in [6.45, 7) is 6.24. The fourth-order valence-corrected chi connectivity index (χ4v) is 3.11. The molecule has 1 unspecified atom stereocenters. The van der Waals surface area contributed by atoms with Crippen LogP contribution in [0.1, 0.15) is 18.4 Å².